The summed E-state index contributed by atoms with van der Waals surface area (Å²) in [5, 5.41) is 14.9. The zero-order valence-corrected chi connectivity index (χ0v) is 12.3. The summed E-state index contributed by atoms with van der Waals surface area (Å²) in [6.07, 6.45) is 1.51. The smallest absolute Gasteiger partial charge is 0.229 e. The maximum Gasteiger partial charge on any atom is 0.229 e. The molecule has 2 N–H and O–H groups in total. The fraction of sp³-hybridized carbons (Fsp3) is 0. The highest BCUT2D eigenvalue weighted by Crippen LogP contribution is 2.21. The molecule has 0 bridgehead atoms. The molecular weight excluding hydrogens is 312 g/mol. The van der Waals surface area contributed by atoms with Crippen LogP contribution in [0, 0.1) is 23.0 Å². The van der Waals surface area contributed by atoms with Gasteiger partial charge in [0.15, 0.2) is 11.6 Å². The molecule has 5 nitrogen and oxygen atoms in total. The first-order valence-electron chi connectivity index (χ1n) is 6.97. The molecule has 0 atom stereocenters. The second-order valence-electron chi connectivity index (χ2n) is 4.80. The van der Waals surface area contributed by atoms with Crippen LogP contribution in [0.2, 0.25) is 0 Å². The predicted octanol–water partition coefficient (Wildman–Crippen LogP) is 4.11. The largest absolute Gasteiger partial charge is 0.339 e. The Morgan fingerprint density at radius 3 is 2.58 bits per heavy atom. The molecule has 0 radical (unpaired) electrons. The number of anilines is 4. The molecule has 7 heteroatoms. The van der Waals surface area contributed by atoms with Crippen molar-refractivity contribution in [3.8, 4) is 6.07 Å². The number of aromatic nitrogens is 2. The quantitative estimate of drug-likeness (QED) is 0.756. The van der Waals surface area contributed by atoms with Crippen LogP contribution >= 0.6 is 0 Å². The number of halogens is 2. The predicted molar refractivity (Wildman–Crippen MR) is 86.1 cm³/mol. The highest BCUT2D eigenvalue weighted by molar-refractivity contribution is 5.65. The third-order valence-electron chi connectivity index (χ3n) is 3.14. The first kappa shape index (κ1) is 15.4. The van der Waals surface area contributed by atoms with Gasteiger partial charge in [-0.1, -0.05) is 12.1 Å². The van der Waals surface area contributed by atoms with E-state index in [0.717, 1.165) is 12.1 Å². The first-order chi connectivity index (χ1) is 11.7. The van der Waals surface area contributed by atoms with Gasteiger partial charge in [0.1, 0.15) is 11.9 Å². The van der Waals surface area contributed by atoms with Gasteiger partial charge in [-0.3, -0.25) is 0 Å². The highest BCUT2D eigenvalue weighted by Gasteiger charge is 2.06. The Bertz CT molecular complexity index is 921. The van der Waals surface area contributed by atoms with Gasteiger partial charge in [-0.25, -0.2) is 13.8 Å². The van der Waals surface area contributed by atoms with Gasteiger partial charge in [0, 0.05) is 18.0 Å². The second kappa shape index (κ2) is 6.71. The van der Waals surface area contributed by atoms with Gasteiger partial charge in [0.2, 0.25) is 5.95 Å². The van der Waals surface area contributed by atoms with Crippen molar-refractivity contribution < 1.29 is 8.78 Å². The van der Waals surface area contributed by atoms with Crippen LogP contribution in [0.15, 0.2) is 54.7 Å². The standard InChI is InChI=1S/C17H11F2N5/c18-13-6-5-12(9-14(13)19)22-17-21-8-7-16(24-17)23-15-4-2-1-3-11(15)10-20/h1-9H,(H2,21,22,23,24). The monoisotopic (exact) mass is 323 g/mol. The maximum atomic E-state index is 13.2. The number of nitrogens with one attached hydrogen (secondary N) is 2. The lowest BCUT2D eigenvalue weighted by Gasteiger charge is -2.09. The van der Waals surface area contributed by atoms with Crippen LogP contribution in [0.4, 0.5) is 31.9 Å². The van der Waals surface area contributed by atoms with E-state index in [9.17, 15) is 8.78 Å². The van der Waals surface area contributed by atoms with Crippen LogP contribution < -0.4 is 10.6 Å². The van der Waals surface area contributed by atoms with Crippen molar-refractivity contribution in [2.24, 2.45) is 0 Å². The molecule has 1 heterocycles. The summed E-state index contributed by atoms with van der Waals surface area (Å²) >= 11 is 0. The molecule has 2 aromatic carbocycles. The fourth-order valence-electron chi connectivity index (χ4n) is 2.02. The zero-order chi connectivity index (χ0) is 16.9. The van der Waals surface area contributed by atoms with E-state index >= 15 is 0 Å². The minimum atomic E-state index is -0.961. The van der Waals surface area contributed by atoms with Gasteiger partial charge in [0.25, 0.3) is 0 Å². The van der Waals surface area contributed by atoms with Crippen molar-refractivity contribution in [1.82, 2.24) is 9.97 Å². The summed E-state index contributed by atoms with van der Waals surface area (Å²) in [6.45, 7) is 0. The molecule has 0 spiro atoms. The lowest BCUT2D eigenvalue weighted by Crippen LogP contribution is -2.01. The van der Waals surface area contributed by atoms with E-state index in [1.807, 2.05) is 0 Å². The molecule has 0 saturated heterocycles. The number of nitriles is 1. The number of benzene rings is 2. The third-order valence-corrected chi connectivity index (χ3v) is 3.14. The molecule has 3 aromatic rings. The molecule has 118 valence electrons. The summed E-state index contributed by atoms with van der Waals surface area (Å²) in [5.41, 5.74) is 1.41. The highest BCUT2D eigenvalue weighted by atomic mass is 19.2. The van der Waals surface area contributed by atoms with Crippen LogP contribution in [0.25, 0.3) is 0 Å². The average Bonchev–Trinajstić information content (AvgIpc) is 2.59. The minimum absolute atomic E-state index is 0.209. The third kappa shape index (κ3) is 3.44. The molecule has 0 aliphatic heterocycles. The number of hydrogen-bond acceptors (Lipinski definition) is 5. The van der Waals surface area contributed by atoms with Crippen molar-refractivity contribution in [2.45, 2.75) is 0 Å². The van der Waals surface area contributed by atoms with Gasteiger partial charge in [-0.05, 0) is 30.3 Å². The van der Waals surface area contributed by atoms with Crippen molar-refractivity contribution >= 4 is 23.1 Å². The van der Waals surface area contributed by atoms with E-state index in [1.54, 1.807) is 30.3 Å². The summed E-state index contributed by atoms with van der Waals surface area (Å²) in [6, 6.07) is 14.1. The van der Waals surface area contributed by atoms with Gasteiger partial charge in [-0.2, -0.15) is 10.2 Å². The van der Waals surface area contributed by atoms with E-state index in [1.165, 1.54) is 12.3 Å². The van der Waals surface area contributed by atoms with Crippen LogP contribution in [0.5, 0.6) is 0 Å². The Hall–Kier alpha value is -3.53. The van der Waals surface area contributed by atoms with Crippen LogP contribution in [-0.2, 0) is 0 Å². The SMILES string of the molecule is N#Cc1ccccc1Nc1ccnc(Nc2ccc(F)c(F)c2)n1. The fourth-order valence-corrected chi connectivity index (χ4v) is 2.02. The summed E-state index contributed by atoms with van der Waals surface area (Å²) in [4.78, 5) is 8.26. The Labute approximate surface area is 136 Å². The van der Waals surface area contributed by atoms with Gasteiger partial charge in [0.05, 0.1) is 11.3 Å². The molecular formula is C17H11F2N5. The number of nitrogens with zero attached hydrogens (tertiary/aromatic N) is 3. The number of rotatable bonds is 4. The second-order valence-corrected chi connectivity index (χ2v) is 4.80. The van der Waals surface area contributed by atoms with Crippen molar-refractivity contribution in [3.05, 3.63) is 71.9 Å². The summed E-state index contributed by atoms with van der Waals surface area (Å²) < 4.78 is 26.2. The Morgan fingerprint density at radius 1 is 0.958 bits per heavy atom. The Kier molecular flexibility index (Phi) is 4.29. The minimum Gasteiger partial charge on any atom is -0.339 e. The normalized spacial score (nSPS) is 10.0. The maximum absolute atomic E-state index is 13.2. The van der Waals surface area contributed by atoms with Crippen molar-refractivity contribution in [2.75, 3.05) is 10.6 Å². The lowest BCUT2D eigenvalue weighted by molar-refractivity contribution is 0.509. The number of para-hydroxylation sites is 1. The average molecular weight is 323 g/mol. The summed E-state index contributed by atoms with van der Waals surface area (Å²) in [7, 11) is 0. The van der Waals surface area contributed by atoms with Crippen LogP contribution in [0.1, 0.15) is 5.56 Å². The molecule has 24 heavy (non-hydrogen) atoms. The topological polar surface area (TPSA) is 73.6 Å². The summed E-state index contributed by atoms with van der Waals surface area (Å²) in [5.74, 6) is -1.22. The van der Waals surface area contributed by atoms with E-state index in [0.29, 0.717) is 22.8 Å². The molecule has 3 rings (SSSR count). The van der Waals surface area contributed by atoms with E-state index < -0.39 is 11.6 Å². The first-order valence-corrected chi connectivity index (χ1v) is 6.97. The lowest BCUT2D eigenvalue weighted by atomic mass is 10.2. The molecule has 1 aromatic heterocycles. The number of hydrogen-bond donors (Lipinski definition) is 2. The molecule has 0 fully saturated rings. The van der Waals surface area contributed by atoms with Gasteiger partial charge in [-0.15, -0.1) is 0 Å². The van der Waals surface area contributed by atoms with Crippen molar-refractivity contribution in [1.29, 1.82) is 5.26 Å². The van der Waals surface area contributed by atoms with Crippen LogP contribution in [0.3, 0.4) is 0 Å². The van der Waals surface area contributed by atoms with E-state index in [4.69, 9.17) is 5.26 Å². The van der Waals surface area contributed by atoms with E-state index in [-0.39, 0.29) is 5.95 Å². The van der Waals surface area contributed by atoms with Crippen molar-refractivity contribution in [3.63, 3.8) is 0 Å². The van der Waals surface area contributed by atoms with Crippen LogP contribution in [-0.4, -0.2) is 9.97 Å². The zero-order valence-electron chi connectivity index (χ0n) is 12.3. The van der Waals surface area contributed by atoms with Gasteiger partial charge < -0.3 is 10.6 Å². The molecule has 0 unspecified atom stereocenters. The molecule has 0 saturated carbocycles. The van der Waals surface area contributed by atoms with Gasteiger partial charge >= 0.3 is 0 Å². The Morgan fingerprint density at radius 2 is 1.79 bits per heavy atom. The molecule has 0 aliphatic rings. The van der Waals surface area contributed by atoms with E-state index in [2.05, 4.69) is 26.7 Å². The Balaban J connectivity index is 1.81. The molecule has 0 amide bonds. The molecule has 0 aliphatic carbocycles.